The minimum Gasteiger partial charge on any atom is -0.324 e. The Balaban J connectivity index is 1.99. The zero-order valence-electron chi connectivity index (χ0n) is 12.0. The number of aromatic nitrogens is 2. The molecule has 1 aromatic carbocycles. The van der Waals surface area contributed by atoms with Gasteiger partial charge >= 0.3 is 0 Å². The van der Waals surface area contributed by atoms with Crippen LogP contribution in [0.3, 0.4) is 0 Å². The minimum atomic E-state index is -0.644. The molecule has 0 spiro atoms. The van der Waals surface area contributed by atoms with E-state index in [0.717, 1.165) is 29.7 Å². The van der Waals surface area contributed by atoms with Crippen molar-refractivity contribution in [1.29, 1.82) is 10.5 Å². The van der Waals surface area contributed by atoms with E-state index in [1.807, 2.05) is 35.8 Å². The lowest BCUT2D eigenvalue weighted by molar-refractivity contribution is 0.385. The monoisotopic (exact) mass is 279 g/mol. The first kappa shape index (κ1) is 13.6. The first-order chi connectivity index (χ1) is 10.1. The third-order valence-corrected chi connectivity index (χ3v) is 3.79. The molecule has 5 heteroatoms. The van der Waals surface area contributed by atoms with Crippen LogP contribution in [0, 0.1) is 22.7 Å². The van der Waals surface area contributed by atoms with Crippen molar-refractivity contribution in [3.8, 4) is 12.1 Å². The summed E-state index contributed by atoms with van der Waals surface area (Å²) in [4.78, 5) is 4.52. The summed E-state index contributed by atoms with van der Waals surface area (Å²) in [5, 5.41) is 21.9. The Morgan fingerprint density at radius 3 is 2.81 bits per heavy atom. The Hall–Kier alpha value is -2.37. The van der Waals surface area contributed by atoms with Crippen LogP contribution in [0.1, 0.15) is 25.6 Å². The molecule has 1 N–H and O–H groups in total. The Kier molecular flexibility index (Phi) is 3.37. The largest absolute Gasteiger partial charge is 0.324 e. The SMILES string of the molecule is CC(C#N)(Cn1c(CC#N)nc2ccccc21)NC1CC1. The molecule has 2 aromatic rings. The lowest BCUT2D eigenvalue weighted by atomic mass is 10.0. The second-order valence-corrected chi connectivity index (χ2v) is 5.80. The second-order valence-electron chi connectivity index (χ2n) is 5.80. The first-order valence-electron chi connectivity index (χ1n) is 7.15. The molecule has 0 amide bonds. The van der Waals surface area contributed by atoms with Crippen molar-refractivity contribution in [2.45, 2.75) is 44.3 Å². The van der Waals surface area contributed by atoms with E-state index < -0.39 is 5.54 Å². The van der Waals surface area contributed by atoms with Crippen molar-refractivity contribution in [2.75, 3.05) is 0 Å². The van der Waals surface area contributed by atoms with Gasteiger partial charge in [-0.2, -0.15) is 10.5 Å². The van der Waals surface area contributed by atoms with Gasteiger partial charge in [0.2, 0.25) is 0 Å². The lowest BCUT2D eigenvalue weighted by Crippen LogP contribution is -2.46. The van der Waals surface area contributed by atoms with Crippen LogP contribution in [-0.2, 0) is 13.0 Å². The summed E-state index contributed by atoms with van der Waals surface area (Å²) in [6, 6.07) is 12.8. The molecule has 1 fully saturated rings. The maximum Gasteiger partial charge on any atom is 0.124 e. The average Bonchev–Trinajstić information content (AvgIpc) is 3.23. The highest BCUT2D eigenvalue weighted by Crippen LogP contribution is 2.25. The first-order valence-corrected chi connectivity index (χ1v) is 7.15. The Morgan fingerprint density at radius 1 is 1.38 bits per heavy atom. The van der Waals surface area contributed by atoms with Crippen LogP contribution in [-0.4, -0.2) is 21.1 Å². The van der Waals surface area contributed by atoms with Crippen LogP contribution >= 0.6 is 0 Å². The number of nitriles is 2. The molecule has 1 aromatic heterocycles. The average molecular weight is 279 g/mol. The number of rotatable bonds is 5. The van der Waals surface area contributed by atoms with Crippen molar-refractivity contribution < 1.29 is 0 Å². The fourth-order valence-corrected chi connectivity index (χ4v) is 2.62. The molecule has 0 aliphatic heterocycles. The fraction of sp³-hybridized carbons (Fsp3) is 0.438. The van der Waals surface area contributed by atoms with Crippen molar-refractivity contribution in [3.63, 3.8) is 0 Å². The van der Waals surface area contributed by atoms with Crippen LogP contribution in [0.15, 0.2) is 24.3 Å². The van der Waals surface area contributed by atoms with E-state index in [2.05, 4.69) is 22.4 Å². The molecule has 1 unspecified atom stereocenters. The van der Waals surface area contributed by atoms with Crippen LogP contribution < -0.4 is 5.32 Å². The molecule has 1 aliphatic carbocycles. The van der Waals surface area contributed by atoms with E-state index in [1.165, 1.54) is 0 Å². The Bertz CT molecular complexity index is 744. The number of fused-ring (bicyclic) bond motifs is 1. The Morgan fingerprint density at radius 2 is 2.14 bits per heavy atom. The maximum atomic E-state index is 9.54. The van der Waals surface area contributed by atoms with Crippen molar-refractivity contribution >= 4 is 11.0 Å². The molecule has 1 aliphatic rings. The van der Waals surface area contributed by atoms with E-state index >= 15 is 0 Å². The second kappa shape index (κ2) is 5.20. The predicted molar refractivity (Wildman–Crippen MR) is 79.2 cm³/mol. The third-order valence-electron chi connectivity index (χ3n) is 3.79. The number of nitrogens with one attached hydrogen (secondary N) is 1. The van der Waals surface area contributed by atoms with Crippen LogP contribution in [0.4, 0.5) is 0 Å². The van der Waals surface area contributed by atoms with E-state index in [-0.39, 0.29) is 6.42 Å². The highest BCUT2D eigenvalue weighted by Gasteiger charge is 2.33. The normalized spacial score (nSPS) is 17.1. The number of hydrogen-bond acceptors (Lipinski definition) is 4. The van der Waals surface area contributed by atoms with Gasteiger partial charge < -0.3 is 4.57 Å². The molecule has 0 saturated heterocycles. The standard InChI is InChI=1S/C16H17N5/c1-16(10-18,20-12-6-7-12)11-21-14-5-3-2-4-13(14)19-15(21)8-9-17/h2-5,12,20H,6-8,11H2,1H3. The van der Waals surface area contributed by atoms with Gasteiger partial charge in [-0.3, -0.25) is 5.32 Å². The molecule has 1 heterocycles. The minimum absolute atomic E-state index is 0.250. The van der Waals surface area contributed by atoms with Gasteiger partial charge in [0, 0.05) is 6.04 Å². The number of para-hydroxylation sites is 2. The zero-order chi connectivity index (χ0) is 14.9. The molecule has 21 heavy (non-hydrogen) atoms. The van der Waals surface area contributed by atoms with Gasteiger partial charge in [-0.25, -0.2) is 4.98 Å². The molecule has 0 bridgehead atoms. The van der Waals surface area contributed by atoms with E-state index in [4.69, 9.17) is 5.26 Å². The summed E-state index contributed by atoms with van der Waals surface area (Å²) in [6.45, 7) is 2.41. The molecule has 1 saturated carbocycles. The van der Waals surface area contributed by atoms with Crippen LogP contribution in [0.5, 0.6) is 0 Å². The molecule has 3 rings (SSSR count). The van der Waals surface area contributed by atoms with E-state index in [9.17, 15) is 5.26 Å². The highest BCUT2D eigenvalue weighted by atomic mass is 15.1. The van der Waals surface area contributed by atoms with Gasteiger partial charge in [-0.05, 0) is 31.9 Å². The summed E-state index contributed by atoms with van der Waals surface area (Å²) in [5.74, 6) is 0.720. The van der Waals surface area contributed by atoms with Gasteiger partial charge in [-0.1, -0.05) is 12.1 Å². The summed E-state index contributed by atoms with van der Waals surface area (Å²) in [6.07, 6.45) is 2.51. The molecule has 0 radical (unpaired) electrons. The third kappa shape index (κ3) is 2.74. The van der Waals surface area contributed by atoms with Gasteiger partial charge in [0.1, 0.15) is 11.4 Å². The topological polar surface area (TPSA) is 77.4 Å². The summed E-state index contributed by atoms with van der Waals surface area (Å²) in [5.41, 5.74) is 1.20. The van der Waals surface area contributed by atoms with Crippen molar-refractivity contribution in [1.82, 2.24) is 14.9 Å². The molecule has 1 atom stereocenters. The summed E-state index contributed by atoms with van der Waals surface area (Å²) >= 11 is 0. The number of hydrogen-bond donors (Lipinski definition) is 1. The summed E-state index contributed by atoms with van der Waals surface area (Å²) in [7, 11) is 0. The van der Waals surface area contributed by atoms with Gasteiger partial charge in [-0.15, -0.1) is 0 Å². The highest BCUT2D eigenvalue weighted by molar-refractivity contribution is 5.76. The zero-order valence-corrected chi connectivity index (χ0v) is 12.0. The number of benzene rings is 1. The molecule has 106 valence electrons. The van der Waals surface area contributed by atoms with Crippen LogP contribution in [0.2, 0.25) is 0 Å². The van der Waals surface area contributed by atoms with Gasteiger partial charge in [0.05, 0.1) is 36.1 Å². The van der Waals surface area contributed by atoms with E-state index in [0.29, 0.717) is 12.6 Å². The lowest BCUT2D eigenvalue weighted by Gasteiger charge is -2.25. The fourth-order valence-electron chi connectivity index (χ4n) is 2.62. The quantitative estimate of drug-likeness (QED) is 0.909. The Labute approximate surface area is 123 Å². The van der Waals surface area contributed by atoms with Crippen LogP contribution in [0.25, 0.3) is 11.0 Å². The molecular weight excluding hydrogens is 262 g/mol. The van der Waals surface area contributed by atoms with E-state index in [1.54, 1.807) is 0 Å². The molecule has 5 nitrogen and oxygen atoms in total. The van der Waals surface area contributed by atoms with Crippen molar-refractivity contribution in [2.24, 2.45) is 0 Å². The summed E-state index contributed by atoms with van der Waals surface area (Å²) < 4.78 is 2.00. The molecular formula is C16H17N5. The predicted octanol–water partition coefficient (Wildman–Crippen LogP) is 2.14. The van der Waals surface area contributed by atoms with Crippen molar-refractivity contribution in [3.05, 3.63) is 30.1 Å². The smallest absolute Gasteiger partial charge is 0.124 e. The van der Waals surface area contributed by atoms with Gasteiger partial charge in [0.15, 0.2) is 0 Å². The van der Waals surface area contributed by atoms with Gasteiger partial charge in [0.25, 0.3) is 0 Å². The maximum absolute atomic E-state index is 9.54. The number of imidazole rings is 1. The number of nitrogens with zero attached hydrogens (tertiary/aromatic N) is 4.